The monoisotopic (exact) mass is 619 g/mol. The molecule has 0 fully saturated rings. The van der Waals surface area contributed by atoms with E-state index in [1.807, 2.05) is 78.7 Å². The molecule has 0 radical (unpaired) electrons. The average Bonchev–Trinajstić information content (AvgIpc) is 2.54. The Labute approximate surface area is 186 Å². The van der Waals surface area contributed by atoms with Gasteiger partial charge in [-0.1, -0.05) is 18.2 Å². The number of rotatable bonds is 0. The van der Waals surface area contributed by atoms with Gasteiger partial charge in [0.2, 0.25) is 0 Å². The van der Waals surface area contributed by atoms with Crippen molar-refractivity contribution in [3.63, 3.8) is 0 Å². The number of halogens is 3. The Morgan fingerprint density at radius 3 is 0.679 bits per heavy atom. The molecule has 3 nitrogen and oxygen atoms in total. The van der Waals surface area contributed by atoms with Gasteiger partial charge in [0.1, 0.15) is 0 Å². The molecule has 0 saturated heterocycles. The molecule has 7 heteroatoms. The fourth-order valence-electron chi connectivity index (χ4n) is 2.12. The zero-order valence-corrected chi connectivity index (χ0v) is 21.7. The van der Waals surface area contributed by atoms with Gasteiger partial charge in [-0.2, -0.15) is 0 Å². The topological polar surface area (TPSA) is 38.7 Å². The van der Waals surface area contributed by atoms with E-state index in [2.05, 4.69) is 33.2 Å². The van der Waals surface area contributed by atoms with Crippen LogP contribution in [-0.2, 0) is 13.5 Å². The molecule has 0 amide bonds. The molecule has 3 aromatic heterocycles. The van der Waals surface area contributed by atoms with Crippen molar-refractivity contribution < 1.29 is 13.5 Å². The average molecular weight is 620 g/mol. The Balaban J connectivity index is 0.000000358. The maximum absolute atomic E-state index is 4.97. The van der Waals surface area contributed by atoms with Crippen molar-refractivity contribution in [2.45, 2.75) is 41.5 Å². The van der Waals surface area contributed by atoms with Crippen LogP contribution in [-0.4, -0.2) is 15.0 Å². The van der Waals surface area contributed by atoms with Crippen LogP contribution < -0.4 is 0 Å². The van der Waals surface area contributed by atoms with E-state index in [1.165, 1.54) is 33.4 Å². The Morgan fingerprint density at radius 2 is 0.607 bits per heavy atom. The number of pyridine rings is 3. The van der Waals surface area contributed by atoms with Gasteiger partial charge in [-0.05, 0) is 74.9 Å². The Morgan fingerprint density at radius 1 is 0.464 bits per heavy atom. The van der Waals surface area contributed by atoms with Crippen LogP contribution in [0.4, 0.5) is 0 Å². The van der Waals surface area contributed by atoms with Crippen molar-refractivity contribution in [3.8, 4) is 0 Å². The second-order valence-electron chi connectivity index (χ2n) is 6.26. The molecular formula is C21H27Cl3IrN3. The first-order valence-electron chi connectivity index (χ1n) is 8.39. The van der Waals surface area contributed by atoms with Crippen molar-refractivity contribution in [1.82, 2.24) is 15.0 Å². The van der Waals surface area contributed by atoms with E-state index in [-0.39, 0.29) is 0 Å². The first-order valence-corrected chi connectivity index (χ1v) is 17.3. The van der Waals surface area contributed by atoms with E-state index < -0.39 is 13.5 Å². The van der Waals surface area contributed by atoms with Crippen LogP contribution in [0.25, 0.3) is 0 Å². The Hall–Kier alpha value is -1.03. The van der Waals surface area contributed by atoms with Crippen LogP contribution in [0.15, 0.2) is 55.4 Å². The summed E-state index contributed by atoms with van der Waals surface area (Å²) in [6.07, 6.45) is 11.1. The zero-order chi connectivity index (χ0) is 21.5. The molecule has 0 N–H and O–H groups in total. The minimum atomic E-state index is -1.92. The summed E-state index contributed by atoms with van der Waals surface area (Å²) >= 11 is -1.92. The summed E-state index contributed by atoms with van der Waals surface area (Å²) in [6.45, 7) is 12.2. The molecular weight excluding hydrogens is 593 g/mol. The minimum absolute atomic E-state index is 1.23. The van der Waals surface area contributed by atoms with E-state index in [9.17, 15) is 0 Å². The summed E-state index contributed by atoms with van der Waals surface area (Å²) in [5, 5.41) is 0. The summed E-state index contributed by atoms with van der Waals surface area (Å²) in [6, 6.07) is 6.31. The molecule has 0 atom stereocenters. The number of hydrogen-bond donors (Lipinski definition) is 0. The van der Waals surface area contributed by atoms with Crippen LogP contribution in [0.2, 0.25) is 0 Å². The molecule has 0 aliphatic rings. The van der Waals surface area contributed by atoms with Crippen LogP contribution in [0.3, 0.4) is 0 Å². The second-order valence-corrected chi connectivity index (χ2v) is 16.6. The van der Waals surface area contributed by atoms with Gasteiger partial charge in [0.25, 0.3) is 0 Å². The molecule has 0 saturated carbocycles. The van der Waals surface area contributed by atoms with Gasteiger partial charge in [0.05, 0.1) is 0 Å². The van der Waals surface area contributed by atoms with Gasteiger partial charge in [0, 0.05) is 37.2 Å². The molecule has 0 aliphatic heterocycles. The standard InChI is InChI=1S/3C7H9N.3ClH.Ir/c3*1-6-3-7(2)5-8-4-6;;;;/h3*3-5H,1-2H3;3*1H;/q;;;;;;+3/p-3. The van der Waals surface area contributed by atoms with Crippen molar-refractivity contribution in [3.05, 3.63) is 88.8 Å². The SMILES string of the molecule is Cc1cncc(C)c1.Cc1cncc(C)c1.Cc1cncc(C)c1.[Cl][Ir]([Cl])[Cl]. The zero-order valence-electron chi connectivity index (χ0n) is 17.0. The fraction of sp³-hybridized carbons (Fsp3) is 0.286. The van der Waals surface area contributed by atoms with E-state index in [1.54, 1.807) is 0 Å². The summed E-state index contributed by atoms with van der Waals surface area (Å²) in [4.78, 5) is 12.0. The van der Waals surface area contributed by atoms with E-state index in [4.69, 9.17) is 28.8 Å². The van der Waals surface area contributed by atoms with Crippen molar-refractivity contribution in [1.29, 1.82) is 0 Å². The molecule has 28 heavy (non-hydrogen) atoms. The number of aryl methyl sites for hydroxylation is 6. The van der Waals surface area contributed by atoms with Crippen molar-refractivity contribution in [2.24, 2.45) is 0 Å². The fourth-order valence-corrected chi connectivity index (χ4v) is 2.12. The molecule has 3 heterocycles. The van der Waals surface area contributed by atoms with Crippen LogP contribution in [0, 0.1) is 41.5 Å². The van der Waals surface area contributed by atoms with Gasteiger partial charge < -0.3 is 0 Å². The Bertz CT molecular complexity index is 656. The number of aromatic nitrogens is 3. The second kappa shape index (κ2) is 15.8. The first kappa shape index (κ1) is 27.0. The molecule has 156 valence electrons. The number of nitrogens with zero attached hydrogens (tertiary/aromatic N) is 3. The maximum atomic E-state index is 4.97. The molecule has 3 aromatic rings. The van der Waals surface area contributed by atoms with E-state index in [0.29, 0.717) is 0 Å². The van der Waals surface area contributed by atoms with E-state index >= 15 is 0 Å². The summed E-state index contributed by atoms with van der Waals surface area (Å²) < 4.78 is 0. The molecule has 0 aliphatic carbocycles. The van der Waals surface area contributed by atoms with E-state index in [0.717, 1.165) is 0 Å². The first-order chi connectivity index (χ1) is 13.1. The molecule has 0 unspecified atom stereocenters. The normalized spacial score (nSPS) is 9.54. The van der Waals surface area contributed by atoms with Crippen LogP contribution in [0.5, 0.6) is 0 Å². The van der Waals surface area contributed by atoms with Gasteiger partial charge in [-0.15, -0.1) is 0 Å². The molecule has 0 spiro atoms. The third kappa shape index (κ3) is 17.1. The third-order valence-electron chi connectivity index (χ3n) is 3.04. The predicted molar refractivity (Wildman–Crippen MR) is 119 cm³/mol. The molecule has 3 rings (SSSR count). The van der Waals surface area contributed by atoms with Crippen LogP contribution in [0.1, 0.15) is 33.4 Å². The summed E-state index contributed by atoms with van der Waals surface area (Å²) in [5.41, 5.74) is 7.36. The van der Waals surface area contributed by atoms with Crippen molar-refractivity contribution in [2.75, 3.05) is 0 Å². The van der Waals surface area contributed by atoms with Crippen LogP contribution >= 0.6 is 28.8 Å². The van der Waals surface area contributed by atoms with Gasteiger partial charge in [-0.25, -0.2) is 0 Å². The van der Waals surface area contributed by atoms with Gasteiger partial charge in [0.15, 0.2) is 0 Å². The van der Waals surface area contributed by atoms with Gasteiger partial charge >= 0.3 is 42.2 Å². The molecule has 0 aromatic carbocycles. The Kier molecular flexibility index (Phi) is 15.3. The van der Waals surface area contributed by atoms with Gasteiger partial charge in [-0.3, -0.25) is 15.0 Å². The summed E-state index contributed by atoms with van der Waals surface area (Å²) in [5.74, 6) is 0. The third-order valence-corrected chi connectivity index (χ3v) is 3.04. The van der Waals surface area contributed by atoms with Crippen molar-refractivity contribution >= 4 is 28.8 Å². The summed E-state index contributed by atoms with van der Waals surface area (Å²) in [7, 11) is 14.9. The quantitative estimate of drug-likeness (QED) is 0.268. The number of hydrogen-bond acceptors (Lipinski definition) is 3. The predicted octanol–water partition coefficient (Wildman–Crippen LogP) is 7.16. The molecule has 0 bridgehead atoms.